The molecule has 2 N–H and O–H groups in total. The minimum atomic E-state index is -0.440. The predicted molar refractivity (Wildman–Crippen MR) is 133 cm³/mol. The maximum atomic E-state index is 12.6. The van der Waals surface area contributed by atoms with Crippen LogP contribution in [0.5, 0.6) is 0 Å². The average molecular weight is 506 g/mol. The Labute approximate surface area is 204 Å². The Hall–Kier alpha value is -2.70. The first-order chi connectivity index (χ1) is 15.3. The minimum absolute atomic E-state index is 0.382. The number of amides is 2. The maximum Gasteiger partial charge on any atom is 0.324 e. The number of hydrogen-bond donors (Lipinski definition) is 2. The van der Waals surface area contributed by atoms with Gasteiger partial charge in [-0.1, -0.05) is 58.5 Å². The molecule has 4 rings (SSSR count). The molecule has 0 saturated heterocycles. The fourth-order valence-electron chi connectivity index (χ4n) is 3.19. The Balaban J connectivity index is 1.74. The van der Waals surface area contributed by atoms with Gasteiger partial charge >= 0.3 is 6.03 Å². The van der Waals surface area contributed by atoms with E-state index in [0.717, 1.165) is 16.8 Å². The molecular weight excluding hydrogens is 490 g/mol. The second kappa shape index (κ2) is 9.43. The summed E-state index contributed by atoms with van der Waals surface area (Å²) in [6.45, 7) is 1.87. The molecule has 2 amide bonds. The molecule has 0 aliphatic rings. The average Bonchev–Trinajstić information content (AvgIpc) is 3.06. The second-order valence-electron chi connectivity index (χ2n) is 6.92. The lowest BCUT2D eigenvalue weighted by Gasteiger charge is -2.10. The fourth-order valence-corrected chi connectivity index (χ4v) is 3.93. The number of halogens is 4. The second-order valence-corrected chi connectivity index (χ2v) is 8.64. The molecule has 32 heavy (non-hydrogen) atoms. The molecule has 1 aromatic heterocycles. The normalized spacial score (nSPS) is 10.8. The van der Waals surface area contributed by atoms with Crippen LogP contribution < -0.4 is 10.6 Å². The van der Waals surface area contributed by atoms with Crippen molar-refractivity contribution >= 4 is 63.9 Å². The molecule has 1 heterocycles. The largest absolute Gasteiger partial charge is 0.324 e. The highest BCUT2D eigenvalue weighted by Gasteiger charge is 2.20. The molecule has 162 valence electrons. The van der Waals surface area contributed by atoms with Gasteiger partial charge in [0.25, 0.3) is 0 Å². The monoisotopic (exact) mass is 504 g/mol. The van der Waals surface area contributed by atoms with E-state index in [9.17, 15) is 4.79 Å². The van der Waals surface area contributed by atoms with Crippen molar-refractivity contribution < 1.29 is 4.79 Å². The van der Waals surface area contributed by atoms with Crippen LogP contribution in [0.15, 0.2) is 66.7 Å². The van der Waals surface area contributed by atoms with E-state index in [1.165, 1.54) is 0 Å². The van der Waals surface area contributed by atoms with Crippen LogP contribution in [0.3, 0.4) is 0 Å². The number of nitrogens with zero attached hydrogens (tertiary/aromatic N) is 2. The smallest absolute Gasteiger partial charge is 0.308 e. The van der Waals surface area contributed by atoms with Crippen LogP contribution in [0.2, 0.25) is 20.1 Å². The number of carbonyl (C=O) groups is 1. The Morgan fingerprint density at radius 3 is 2.03 bits per heavy atom. The molecule has 0 saturated carbocycles. The van der Waals surface area contributed by atoms with Crippen molar-refractivity contribution in [3.63, 3.8) is 0 Å². The van der Waals surface area contributed by atoms with Gasteiger partial charge in [-0.25, -0.2) is 9.48 Å². The first kappa shape index (κ1) is 22.5. The van der Waals surface area contributed by atoms with Gasteiger partial charge in [0.05, 0.1) is 16.4 Å². The van der Waals surface area contributed by atoms with Gasteiger partial charge in [-0.15, -0.1) is 5.10 Å². The SMILES string of the molecule is Cc1c(NC(=O)Nc2ccc(Cl)cc2)nn(-c2ccc(Cl)cc2Cl)c1-c1ccc(Cl)cc1. The molecule has 0 bridgehead atoms. The summed E-state index contributed by atoms with van der Waals surface area (Å²) in [6.07, 6.45) is 0. The molecule has 3 aromatic carbocycles. The van der Waals surface area contributed by atoms with Crippen LogP contribution >= 0.6 is 46.4 Å². The molecule has 0 unspecified atom stereocenters. The van der Waals surface area contributed by atoms with E-state index in [4.69, 9.17) is 46.4 Å². The van der Waals surface area contributed by atoms with Crippen LogP contribution in [0, 0.1) is 6.92 Å². The highest BCUT2D eigenvalue weighted by Crippen LogP contribution is 2.34. The summed E-state index contributed by atoms with van der Waals surface area (Å²) >= 11 is 24.5. The van der Waals surface area contributed by atoms with Crippen molar-refractivity contribution in [2.75, 3.05) is 10.6 Å². The maximum absolute atomic E-state index is 12.6. The lowest BCUT2D eigenvalue weighted by atomic mass is 10.1. The zero-order valence-corrected chi connectivity index (χ0v) is 19.7. The van der Waals surface area contributed by atoms with Crippen LogP contribution in [-0.2, 0) is 0 Å². The van der Waals surface area contributed by atoms with Crippen molar-refractivity contribution in [3.8, 4) is 16.9 Å². The van der Waals surface area contributed by atoms with Crippen molar-refractivity contribution in [3.05, 3.63) is 92.4 Å². The Bertz CT molecular complexity index is 1280. The summed E-state index contributed by atoms with van der Waals surface area (Å²) in [6, 6.07) is 18.8. The number of rotatable bonds is 4. The summed E-state index contributed by atoms with van der Waals surface area (Å²) in [4.78, 5) is 12.6. The third-order valence-corrected chi connectivity index (χ3v) is 5.75. The summed E-state index contributed by atoms with van der Waals surface area (Å²) < 4.78 is 1.68. The van der Waals surface area contributed by atoms with Crippen LogP contribution in [-0.4, -0.2) is 15.8 Å². The van der Waals surface area contributed by atoms with Crippen LogP contribution in [0.1, 0.15) is 5.56 Å². The van der Waals surface area contributed by atoms with Gasteiger partial charge in [-0.05, 0) is 61.5 Å². The molecule has 0 aliphatic carbocycles. The molecule has 4 aromatic rings. The van der Waals surface area contributed by atoms with E-state index in [1.54, 1.807) is 59.3 Å². The quantitative estimate of drug-likeness (QED) is 0.294. The molecule has 5 nitrogen and oxygen atoms in total. The van der Waals surface area contributed by atoms with E-state index in [2.05, 4.69) is 15.7 Å². The third-order valence-electron chi connectivity index (χ3n) is 4.71. The summed E-state index contributed by atoms with van der Waals surface area (Å²) in [5.74, 6) is 0.382. The van der Waals surface area contributed by atoms with E-state index < -0.39 is 6.03 Å². The van der Waals surface area contributed by atoms with Crippen molar-refractivity contribution in [2.45, 2.75) is 6.92 Å². The van der Waals surface area contributed by atoms with Crippen LogP contribution in [0.4, 0.5) is 16.3 Å². The molecule has 0 aliphatic heterocycles. The topological polar surface area (TPSA) is 59.0 Å². The van der Waals surface area contributed by atoms with Crippen LogP contribution in [0.25, 0.3) is 16.9 Å². The Kier molecular flexibility index (Phi) is 6.63. The van der Waals surface area contributed by atoms with E-state index >= 15 is 0 Å². The number of anilines is 2. The van der Waals surface area contributed by atoms with Gasteiger partial charge in [0.1, 0.15) is 0 Å². The Morgan fingerprint density at radius 1 is 0.812 bits per heavy atom. The zero-order chi connectivity index (χ0) is 22.8. The summed E-state index contributed by atoms with van der Waals surface area (Å²) in [5, 5.41) is 12.3. The fraction of sp³-hybridized carbons (Fsp3) is 0.0435. The Morgan fingerprint density at radius 2 is 1.41 bits per heavy atom. The van der Waals surface area contributed by atoms with E-state index in [1.807, 2.05) is 19.1 Å². The molecular formula is C23H16Cl4N4O. The first-order valence-electron chi connectivity index (χ1n) is 9.46. The summed E-state index contributed by atoms with van der Waals surface area (Å²) in [7, 11) is 0. The zero-order valence-electron chi connectivity index (χ0n) is 16.7. The van der Waals surface area contributed by atoms with E-state index in [0.29, 0.717) is 37.3 Å². The van der Waals surface area contributed by atoms with Crippen molar-refractivity contribution in [1.82, 2.24) is 9.78 Å². The number of carbonyl (C=O) groups excluding carboxylic acids is 1. The highest BCUT2D eigenvalue weighted by atomic mass is 35.5. The van der Waals surface area contributed by atoms with Gasteiger partial charge in [0, 0.05) is 31.9 Å². The lowest BCUT2D eigenvalue weighted by Crippen LogP contribution is -2.20. The molecule has 0 spiro atoms. The van der Waals surface area contributed by atoms with Gasteiger partial charge in [0.15, 0.2) is 5.82 Å². The third kappa shape index (κ3) is 4.87. The molecule has 0 atom stereocenters. The molecule has 9 heteroatoms. The number of hydrogen-bond acceptors (Lipinski definition) is 2. The highest BCUT2D eigenvalue weighted by molar-refractivity contribution is 6.35. The molecule has 0 fully saturated rings. The van der Waals surface area contributed by atoms with E-state index in [-0.39, 0.29) is 0 Å². The first-order valence-corrected chi connectivity index (χ1v) is 11.0. The van der Waals surface area contributed by atoms with Gasteiger partial charge in [0.2, 0.25) is 0 Å². The van der Waals surface area contributed by atoms with Crippen molar-refractivity contribution in [1.29, 1.82) is 0 Å². The standard InChI is InChI=1S/C23H16Cl4N4O/c1-13-21(14-2-4-15(24)5-3-14)31(20-11-8-17(26)12-19(20)27)30-22(13)29-23(32)28-18-9-6-16(25)7-10-18/h2-12H,1H3,(H2,28,29,30,32). The lowest BCUT2D eigenvalue weighted by molar-refractivity contribution is 0.262. The predicted octanol–water partition coefficient (Wildman–Crippen LogP) is 8.11. The van der Waals surface area contributed by atoms with Crippen molar-refractivity contribution in [2.24, 2.45) is 0 Å². The summed E-state index contributed by atoms with van der Waals surface area (Å²) in [5.41, 5.74) is 3.59. The number of aromatic nitrogens is 2. The number of benzene rings is 3. The number of nitrogens with one attached hydrogen (secondary N) is 2. The van der Waals surface area contributed by atoms with Gasteiger partial charge < -0.3 is 5.32 Å². The van der Waals surface area contributed by atoms with Gasteiger partial charge in [-0.2, -0.15) is 0 Å². The van der Waals surface area contributed by atoms with Gasteiger partial charge in [-0.3, -0.25) is 5.32 Å². The molecule has 0 radical (unpaired) electrons. The minimum Gasteiger partial charge on any atom is -0.308 e. The number of urea groups is 1.